The Hall–Kier alpha value is -2.47. The van der Waals surface area contributed by atoms with E-state index in [2.05, 4.69) is 27.1 Å². The molecule has 0 saturated carbocycles. The largest absolute Gasteiger partial charge is 0.356 e. The van der Waals surface area contributed by atoms with Gasteiger partial charge in [-0.15, -0.1) is 11.3 Å². The van der Waals surface area contributed by atoms with E-state index in [4.69, 9.17) is 0 Å². The maximum absolute atomic E-state index is 12.7. The number of carbonyl (C=O) groups is 1. The van der Waals surface area contributed by atoms with Crippen LogP contribution in [0.1, 0.15) is 36.6 Å². The summed E-state index contributed by atoms with van der Waals surface area (Å²) in [5, 5.41) is 4.33. The zero-order valence-electron chi connectivity index (χ0n) is 16.7. The van der Waals surface area contributed by atoms with E-state index in [9.17, 15) is 4.79 Å². The Morgan fingerprint density at radius 3 is 2.72 bits per heavy atom. The molecule has 5 nitrogen and oxygen atoms in total. The Morgan fingerprint density at radius 1 is 1.14 bits per heavy atom. The lowest BCUT2D eigenvalue weighted by Crippen LogP contribution is -2.38. The van der Waals surface area contributed by atoms with Crippen LogP contribution in [0.15, 0.2) is 36.7 Å². The zero-order valence-corrected chi connectivity index (χ0v) is 17.5. The Labute approximate surface area is 175 Å². The molecular formula is C23H26N4OS. The van der Waals surface area contributed by atoms with Crippen LogP contribution in [0.3, 0.4) is 0 Å². The van der Waals surface area contributed by atoms with Gasteiger partial charge in [-0.05, 0) is 55.7 Å². The second kappa shape index (κ2) is 7.75. The first-order valence-corrected chi connectivity index (χ1v) is 11.4. The van der Waals surface area contributed by atoms with Crippen molar-refractivity contribution in [3.8, 4) is 0 Å². The summed E-state index contributed by atoms with van der Waals surface area (Å²) in [6, 6.07) is 9.72. The maximum Gasteiger partial charge on any atom is 0.227 e. The lowest BCUT2D eigenvalue weighted by Gasteiger charge is -2.32. The summed E-state index contributed by atoms with van der Waals surface area (Å²) in [4.78, 5) is 26.9. The van der Waals surface area contributed by atoms with E-state index in [0.29, 0.717) is 0 Å². The van der Waals surface area contributed by atoms with Crippen molar-refractivity contribution < 1.29 is 4.79 Å². The van der Waals surface area contributed by atoms with E-state index in [1.807, 2.05) is 41.7 Å². The number of para-hydroxylation sites is 1. The molecule has 6 heteroatoms. The van der Waals surface area contributed by atoms with Gasteiger partial charge in [0.05, 0.1) is 5.39 Å². The zero-order chi connectivity index (χ0) is 19.8. The van der Waals surface area contributed by atoms with Crippen molar-refractivity contribution in [2.75, 3.05) is 23.3 Å². The first kappa shape index (κ1) is 18.6. The fraction of sp³-hybridized carbons (Fsp3) is 0.435. The third-order valence-corrected chi connectivity index (χ3v) is 7.44. The monoisotopic (exact) mass is 406 g/mol. The van der Waals surface area contributed by atoms with Crippen LogP contribution >= 0.6 is 11.3 Å². The third-order valence-electron chi connectivity index (χ3n) is 6.28. The molecule has 0 radical (unpaired) electrons. The number of aromatic nitrogens is 2. The van der Waals surface area contributed by atoms with Gasteiger partial charge in [-0.2, -0.15) is 0 Å². The van der Waals surface area contributed by atoms with Gasteiger partial charge in [-0.3, -0.25) is 4.79 Å². The average Bonchev–Trinajstić information content (AvgIpc) is 3.12. The van der Waals surface area contributed by atoms with Crippen molar-refractivity contribution in [3.05, 3.63) is 47.1 Å². The summed E-state index contributed by atoms with van der Waals surface area (Å²) in [6.07, 6.45) is 6.96. The summed E-state index contributed by atoms with van der Waals surface area (Å²) >= 11 is 1.85. The van der Waals surface area contributed by atoms with E-state index >= 15 is 0 Å². The minimum Gasteiger partial charge on any atom is -0.356 e. The fourth-order valence-electron chi connectivity index (χ4n) is 4.62. The number of benzene rings is 1. The molecule has 0 spiro atoms. The second-order valence-electron chi connectivity index (χ2n) is 8.35. The Kier molecular flexibility index (Phi) is 4.96. The summed E-state index contributed by atoms with van der Waals surface area (Å²) in [5.74, 6) is 2.02. The second-order valence-corrected chi connectivity index (χ2v) is 9.43. The SMILES string of the molecule is C[C@H]1CCc2c(sc3ncnc(N4CCC(C(=O)Nc5ccccc5)CC4)c23)C1. The number of thiophene rings is 1. The third kappa shape index (κ3) is 3.62. The normalized spacial score (nSPS) is 19.9. The van der Waals surface area contributed by atoms with Crippen LogP contribution in [-0.4, -0.2) is 29.0 Å². The van der Waals surface area contributed by atoms with Gasteiger partial charge in [0.15, 0.2) is 0 Å². The van der Waals surface area contributed by atoms with E-state index in [-0.39, 0.29) is 11.8 Å². The van der Waals surface area contributed by atoms with Gasteiger partial charge in [0.2, 0.25) is 5.91 Å². The number of hydrogen-bond donors (Lipinski definition) is 1. The van der Waals surface area contributed by atoms with E-state index in [0.717, 1.165) is 61.0 Å². The Morgan fingerprint density at radius 2 is 1.93 bits per heavy atom. The molecule has 150 valence electrons. The van der Waals surface area contributed by atoms with Gasteiger partial charge >= 0.3 is 0 Å². The van der Waals surface area contributed by atoms with E-state index < -0.39 is 0 Å². The molecule has 1 N–H and O–H groups in total. The smallest absolute Gasteiger partial charge is 0.227 e. The topological polar surface area (TPSA) is 58.1 Å². The number of amides is 1. The molecule has 2 aliphatic rings. The van der Waals surface area contributed by atoms with Crippen LogP contribution in [0, 0.1) is 11.8 Å². The molecule has 0 unspecified atom stereocenters. The van der Waals surface area contributed by atoms with Crippen molar-refractivity contribution in [1.82, 2.24) is 9.97 Å². The lowest BCUT2D eigenvalue weighted by molar-refractivity contribution is -0.120. The van der Waals surface area contributed by atoms with Crippen LogP contribution in [0.25, 0.3) is 10.2 Å². The molecule has 1 aliphatic carbocycles. The van der Waals surface area contributed by atoms with Crippen molar-refractivity contribution in [2.24, 2.45) is 11.8 Å². The number of nitrogens with zero attached hydrogens (tertiary/aromatic N) is 3. The number of aryl methyl sites for hydroxylation is 1. The van der Waals surface area contributed by atoms with Gasteiger partial charge < -0.3 is 10.2 Å². The molecule has 1 aromatic carbocycles. The number of nitrogens with one attached hydrogen (secondary N) is 1. The summed E-state index contributed by atoms with van der Waals surface area (Å²) < 4.78 is 0. The summed E-state index contributed by atoms with van der Waals surface area (Å²) in [6.45, 7) is 4.06. The van der Waals surface area contributed by atoms with Crippen LogP contribution in [-0.2, 0) is 17.6 Å². The minimum atomic E-state index is 0.0565. The number of anilines is 2. The highest BCUT2D eigenvalue weighted by molar-refractivity contribution is 7.19. The standard InChI is InChI=1S/C23H26N4OS/c1-15-7-8-18-19(13-15)29-23-20(18)21(24-14-25-23)27-11-9-16(10-12-27)22(28)26-17-5-3-2-4-6-17/h2-6,14-16H,7-13H2,1H3,(H,26,28)/t15-/m0/s1. The highest BCUT2D eigenvalue weighted by Gasteiger charge is 2.29. The Bertz CT molecular complexity index is 1020. The van der Waals surface area contributed by atoms with Gasteiger partial charge in [0.25, 0.3) is 0 Å². The van der Waals surface area contributed by atoms with E-state index in [1.165, 1.54) is 22.2 Å². The molecular weight excluding hydrogens is 380 g/mol. The number of fused-ring (bicyclic) bond motifs is 3. The van der Waals surface area contributed by atoms with Crippen molar-refractivity contribution in [2.45, 2.75) is 39.0 Å². The first-order chi connectivity index (χ1) is 14.2. The van der Waals surface area contributed by atoms with Gasteiger partial charge in [0, 0.05) is 29.6 Å². The van der Waals surface area contributed by atoms with Crippen LogP contribution in [0.5, 0.6) is 0 Å². The Balaban J connectivity index is 1.32. The predicted octanol–water partition coefficient (Wildman–Crippen LogP) is 4.67. The van der Waals surface area contributed by atoms with Gasteiger partial charge in [0.1, 0.15) is 17.0 Å². The highest BCUT2D eigenvalue weighted by atomic mass is 32.1. The molecule has 1 fully saturated rings. The summed E-state index contributed by atoms with van der Waals surface area (Å²) in [5.41, 5.74) is 2.35. The van der Waals surface area contributed by atoms with E-state index in [1.54, 1.807) is 6.33 Å². The molecule has 0 bridgehead atoms. The molecule has 5 rings (SSSR count). The number of hydrogen-bond acceptors (Lipinski definition) is 5. The number of rotatable bonds is 3. The van der Waals surface area contributed by atoms with Gasteiger partial charge in [-0.25, -0.2) is 9.97 Å². The molecule has 3 aromatic rings. The van der Waals surface area contributed by atoms with Crippen LogP contribution < -0.4 is 10.2 Å². The molecule has 1 amide bonds. The molecule has 1 atom stereocenters. The summed E-state index contributed by atoms with van der Waals surface area (Å²) in [7, 11) is 0. The number of carbonyl (C=O) groups excluding carboxylic acids is 1. The van der Waals surface area contributed by atoms with Crippen molar-refractivity contribution in [3.63, 3.8) is 0 Å². The van der Waals surface area contributed by atoms with Crippen molar-refractivity contribution in [1.29, 1.82) is 0 Å². The average molecular weight is 407 g/mol. The predicted molar refractivity (Wildman–Crippen MR) is 119 cm³/mol. The number of piperidine rings is 1. The highest BCUT2D eigenvalue weighted by Crippen LogP contribution is 2.41. The van der Waals surface area contributed by atoms with Crippen LogP contribution in [0.4, 0.5) is 11.5 Å². The maximum atomic E-state index is 12.7. The quantitative estimate of drug-likeness (QED) is 0.687. The minimum absolute atomic E-state index is 0.0565. The van der Waals surface area contributed by atoms with Crippen molar-refractivity contribution >= 4 is 39.0 Å². The molecule has 1 saturated heterocycles. The molecule has 2 aromatic heterocycles. The first-order valence-electron chi connectivity index (χ1n) is 10.5. The molecule has 3 heterocycles. The van der Waals surface area contributed by atoms with Crippen LogP contribution in [0.2, 0.25) is 0 Å². The van der Waals surface area contributed by atoms with Gasteiger partial charge in [-0.1, -0.05) is 25.1 Å². The molecule has 29 heavy (non-hydrogen) atoms. The fourth-order valence-corrected chi connectivity index (χ4v) is 5.96. The molecule has 1 aliphatic heterocycles. The lowest BCUT2D eigenvalue weighted by atomic mass is 9.89.